The van der Waals surface area contributed by atoms with E-state index in [1.165, 1.54) is 32.9 Å². The molecule has 0 unspecified atom stereocenters. The monoisotopic (exact) mass is 473 g/mol. The highest BCUT2D eigenvalue weighted by atomic mass is 32.2. The molecule has 0 radical (unpaired) electrons. The summed E-state index contributed by atoms with van der Waals surface area (Å²) in [6, 6.07) is 5.85. The molecule has 0 spiro atoms. The maximum atomic E-state index is 12.5. The molecule has 0 saturated carbocycles. The minimum absolute atomic E-state index is 0.166. The van der Waals surface area contributed by atoms with Gasteiger partial charge in [-0.1, -0.05) is 0 Å². The standard InChI is InChI=1S/C19H27N3O7S2/c1-30(25,26)21-12-8-15(9-13-21)19(24)29-14-18(23)20-16-4-6-17(7-5-16)31(27,28)22-10-2-3-11-22/h4-7,15H,2-3,8-14H2,1H3,(H,20,23). The summed E-state index contributed by atoms with van der Waals surface area (Å²) in [5.74, 6) is -1.52. The Balaban J connectivity index is 1.46. The number of hydrogen-bond acceptors (Lipinski definition) is 7. The summed E-state index contributed by atoms with van der Waals surface area (Å²) >= 11 is 0. The first-order chi connectivity index (χ1) is 14.6. The number of hydrogen-bond donors (Lipinski definition) is 1. The summed E-state index contributed by atoms with van der Waals surface area (Å²) in [6.45, 7) is 1.05. The van der Waals surface area contributed by atoms with Crippen LogP contribution in [-0.4, -0.2) is 76.4 Å². The van der Waals surface area contributed by atoms with Gasteiger partial charge in [-0.25, -0.2) is 21.1 Å². The molecule has 1 aromatic carbocycles. The fraction of sp³-hybridized carbons (Fsp3) is 0.579. The van der Waals surface area contributed by atoms with Crippen LogP contribution in [0.1, 0.15) is 25.7 Å². The number of esters is 1. The van der Waals surface area contributed by atoms with Crippen molar-refractivity contribution < 1.29 is 31.2 Å². The van der Waals surface area contributed by atoms with E-state index in [2.05, 4.69) is 5.32 Å². The number of nitrogens with zero attached hydrogens (tertiary/aromatic N) is 2. The molecule has 0 aromatic heterocycles. The number of carbonyl (C=O) groups is 2. The SMILES string of the molecule is CS(=O)(=O)N1CCC(C(=O)OCC(=O)Nc2ccc(S(=O)(=O)N3CCCC3)cc2)CC1. The molecule has 1 aromatic rings. The highest BCUT2D eigenvalue weighted by Crippen LogP contribution is 2.23. The number of benzene rings is 1. The van der Waals surface area contributed by atoms with Crippen LogP contribution < -0.4 is 5.32 Å². The van der Waals surface area contributed by atoms with Crippen LogP contribution in [0.25, 0.3) is 0 Å². The fourth-order valence-corrected chi connectivity index (χ4v) is 6.05. The number of amides is 1. The second-order valence-corrected chi connectivity index (χ2v) is 11.6. The maximum Gasteiger partial charge on any atom is 0.309 e. The quantitative estimate of drug-likeness (QED) is 0.575. The Kier molecular flexibility index (Phi) is 7.35. The molecule has 2 aliphatic heterocycles. The second-order valence-electron chi connectivity index (χ2n) is 7.73. The summed E-state index contributed by atoms with van der Waals surface area (Å²) < 4.78 is 55.9. The Labute approximate surface area is 182 Å². The van der Waals surface area contributed by atoms with E-state index in [0.29, 0.717) is 31.6 Å². The van der Waals surface area contributed by atoms with E-state index in [0.717, 1.165) is 19.1 Å². The number of carbonyl (C=O) groups excluding carboxylic acids is 2. The van der Waals surface area contributed by atoms with Crippen molar-refractivity contribution in [2.45, 2.75) is 30.6 Å². The number of nitrogens with one attached hydrogen (secondary N) is 1. The largest absolute Gasteiger partial charge is 0.455 e. The predicted octanol–water partition coefficient (Wildman–Crippen LogP) is 0.624. The Morgan fingerprint density at radius 1 is 0.968 bits per heavy atom. The molecule has 2 fully saturated rings. The van der Waals surface area contributed by atoms with E-state index in [1.807, 2.05) is 0 Å². The smallest absolute Gasteiger partial charge is 0.309 e. The van der Waals surface area contributed by atoms with Crippen molar-refractivity contribution in [2.75, 3.05) is 44.4 Å². The third-order valence-electron chi connectivity index (χ3n) is 5.44. The number of sulfonamides is 2. The molecule has 1 N–H and O–H groups in total. The number of anilines is 1. The van der Waals surface area contributed by atoms with Gasteiger partial charge < -0.3 is 10.1 Å². The molecule has 2 saturated heterocycles. The van der Waals surface area contributed by atoms with Gasteiger partial charge in [-0.15, -0.1) is 0 Å². The first-order valence-corrected chi connectivity index (χ1v) is 13.4. The van der Waals surface area contributed by atoms with Crippen molar-refractivity contribution >= 4 is 37.6 Å². The van der Waals surface area contributed by atoms with Gasteiger partial charge in [0.2, 0.25) is 20.0 Å². The molecule has 2 heterocycles. The van der Waals surface area contributed by atoms with E-state index in [4.69, 9.17) is 4.74 Å². The lowest BCUT2D eigenvalue weighted by Gasteiger charge is -2.28. The third-order valence-corrected chi connectivity index (χ3v) is 8.66. The first kappa shape index (κ1) is 23.6. The van der Waals surface area contributed by atoms with E-state index in [-0.39, 0.29) is 18.0 Å². The Morgan fingerprint density at radius 2 is 1.55 bits per heavy atom. The summed E-state index contributed by atoms with van der Waals surface area (Å²) in [4.78, 5) is 24.4. The lowest BCUT2D eigenvalue weighted by Crippen LogP contribution is -2.40. The molecule has 0 aliphatic carbocycles. The molecule has 0 atom stereocenters. The topological polar surface area (TPSA) is 130 Å². The molecule has 3 rings (SSSR count). The van der Waals surface area contributed by atoms with Crippen molar-refractivity contribution in [1.82, 2.24) is 8.61 Å². The van der Waals surface area contributed by atoms with E-state index in [9.17, 15) is 26.4 Å². The first-order valence-electron chi connectivity index (χ1n) is 10.1. The average Bonchev–Trinajstić information content (AvgIpc) is 3.28. The van der Waals surface area contributed by atoms with E-state index in [1.54, 1.807) is 0 Å². The van der Waals surface area contributed by atoms with Gasteiger partial charge in [0.25, 0.3) is 5.91 Å². The van der Waals surface area contributed by atoms with Gasteiger partial charge in [-0.05, 0) is 49.9 Å². The third kappa shape index (κ3) is 6.03. The van der Waals surface area contributed by atoms with Gasteiger partial charge >= 0.3 is 5.97 Å². The van der Waals surface area contributed by atoms with Crippen LogP contribution in [0.5, 0.6) is 0 Å². The van der Waals surface area contributed by atoms with Crippen LogP contribution >= 0.6 is 0 Å². The van der Waals surface area contributed by atoms with Crippen molar-refractivity contribution in [3.63, 3.8) is 0 Å². The normalized spacial score (nSPS) is 19.3. The number of rotatable bonds is 7. The molecular formula is C19H27N3O7S2. The van der Waals surface area contributed by atoms with Crippen LogP contribution in [-0.2, 0) is 34.4 Å². The van der Waals surface area contributed by atoms with Crippen molar-refractivity contribution in [3.05, 3.63) is 24.3 Å². The summed E-state index contributed by atoms with van der Waals surface area (Å²) in [7, 11) is -6.80. The van der Waals surface area contributed by atoms with E-state index >= 15 is 0 Å². The molecule has 172 valence electrons. The molecular weight excluding hydrogens is 446 g/mol. The summed E-state index contributed by atoms with van der Waals surface area (Å²) in [5, 5.41) is 2.56. The maximum absolute atomic E-state index is 12.5. The minimum Gasteiger partial charge on any atom is -0.455 e. The van der Waals surface area contributed by atoms with E-state index < -0.39 is 44.4 Å². The van der Waals surface area contributed by atoms with Gasteiger partial charge in [-0.3, -0.25) is 9.59 Å². The lowest BCUT2D eigenvalue weighted by molar-refractivity contribution is -0.152. The predicted molar refractivity (Wildman–Crippen MR) is 113 cm³/mol. The van der Waals surface area contributed by atoms with Gasteiger partial charge in [0.05, 0.1) is 17.1 Å². The van der Waals surface area contributed by atoms with Crippen LogP contribution in [0, 0.1) is 5.92 Å². The van der Waals surface area contributed by atoms with Gasteiger partial charge in [-0.2, -0.15) is 4.31 Å². The minimum atomic E-state index is -3.52. The van der Waals surface area contributed by atoms with Crippen molar-refractivity contribution in [2.24, 2.45) is 5.92 Å². The molecule has 31 heavy (non-hydrogen) atoms. The zero-order valence-electron chi connectivity index (χ0n) is 17.3. The van der Waals surface area contributed by atoms with Gasteiger partial charge in [0.1, 0.15) is 0 Å². The molecule has 1 amide bonds. The zero-order valence-corrected chi connectivity index (χ0v) is 19.0. The van der Waals surface area contributed by atoms with Crippen LogP contribution in [0.4, 0.5) is 5.69 Å². The van der Waals surface area contributed by atoms with Crippen LogP contribution in [0.2, 0.25) is 0 Å². The second kappa shape index (κ2) is 9.63. The Morgan fingerprint density at radius 3 is 2.10 bits per heavy atom. The molecule has 2 aliphatic rings. The Hall–Kier alpha value is -2.02. The lowest BCUT2D eigenvalue weighted by atomic mass is 9.98. The van der Waals surface area contributed by atoms with Crippen molar-refractivity contribution in [1.29, 1.82) is 0 Å². The van der Waals surface area contributed by atoms with Crippen LogP contribution in [0.15, 0.2) is 29.2 Å². The molecule has 12 heteroatoms. The number of ether oxygens (including phenoxy) is 1. The fourth-order valence-electron chi connectivity index (χ4n) is 3.66. The number of piperidine rings is 1. The summed E-state index contributed by atoms with van der Waals surface area (Å²) in [5.41, 5.74) is 0.392. The van der Waals surface area contributed by atoms with Crippen LogP contribution in [0.3, 0.4) is 0 Å². The highest BCUT2D eigenvalue weighted by molar-refractivity contribution is 7.89. The molecule has 10 nitrogen and oxygen atoms in total. The highest BCUT2D eigenvalue weighted by Gasteiger charge is 2.30. The van der Waals surface area contributed by atoms with Gasteiger partial charge in [0.15, 0.2) is 6.61 Å². The summed E-state index contributed by atoms with van der Waals surface area (Å²) in [6.07, 6.45) is 3.52. The zero-order chi connectivity index (χ0) is 22.6. The molecule has 0 bridgehead atoms. The Bertz CT molecular complexity index is 1010. The van der Waals surface area contributed by atoms with Crippen molar-refractivity contribution in [3.8, 4) is 0 Å². The van der Waals surface area contributed by atoms with Gasteiger partial charge in [0, 0.05) is 31.9 Å². The average molecular weight is 474 g/mol.